The number of nitro groups is 1. The van der Waals surface area contributed by atoms with E-state index in [4.69, 9.17) is 26.8 Å². The number of benzene rings is 2. The highest BCUT2D eigenvalue weighted by Crippen LogP contribution is 2.31. The van der Waals surface area contributed by atoms with Gasteiger partial charge in [0.05, 0.1) is 18.0 Å². The molecule has 0 aromatic heterocycles. The van der Waals surface area contributed by atoms with Crippen molar-refractivity contribution in [3.63, 3.8) is 0 Å². The molecule has 0 fully saturated rings. The van der Waals surface area contributed by atoms with Gasteiger partial charge in [-0.2, -0.15) is 0 Å². The van der Waals surface area contributed by atoms with Crippen LogP contribution in [-0.2, 0) is 9.53 Å². The quantitative estimate of drug-likeness (QED) is 0.308. The Morgan fingerprint density at radius 2 is 1.93 bits per heavy atom. The van der Waals surface area contributed by atoms with Gasteiger partial charge in [0.15, 0.2) is 0 Å². The average Bonchev–Trinajstić information content (AvgIpc) is 2.57. The lowest BCUT2D eigenvalue weighted by molar-refractivity contribution is -0.383. The van der Waals surface area contributed by atoms with Crippen LogP contribution in [0, 0.1) is 10.1 Å². The monoisotopic (exact) mass is 406 g/mol. The van der Waals surface area contributed by atoms with Crippen LogP contribution >= 0.6 is 11.6 Å². The summed E-state index contributed by atoms with van der Waals surface area (Å²) in [6.07, 6.45) is 0.0729. The normalized spacial score (nSPS) is 12.3. The molecule has 0 radical (unpaired) electrons. The molecule has 2 aromatic rings. The molecule has 0 bridgehead atoms. The van der Waals surface area contributed by atoms with E-state index in [1.165, 1.54) is 18.2 Å². The highest BCUT2D eigenvalue weighted by Gasteiger charge is 2.24. The number of nitro benzene ring substituents is 1. The van der Waals surface area contributed by atoms with Crippen molar-refractivity contribution in [1.82, 2.24) is 0 Å². The summed E-state index contributed by atoms with van der Waals surface area (Å²) in [6, 6.07) is 11.3. The number of ether oxygens (including phenoxy) is 2. The zero-order valence-electron chi connectivity index (χ0n) is 16.0. The van der Waals surface area contributed by atoms with Gasteiger partial charge >= 0.3 is 5.97 Å². The largest absolute Gasteiger partial charge is 0.493 e. The molecule has 0 spiro atoms. The van der Waals surface area contributed by atoms with Crippen molar-refractivity contribution in [3.05, 3.63) is 63.2 Å². The smallest absolute Gasteiger partial charge is 0.307 e. The minimum Gasteiger partial charge on any atom is -0.493 e. The highest BCUT2D eigenvalue weighted by molar-refractivity contribution is 6.31. The number of nitrogens with zero attached hydrogens (tertiary/aromatic N) is 1. The lowest BCUT2D eigenvalue weighted by atomic mass is 9.96. The molecule has 0 aliphatic rings. The molecule has 2 rings (SSSR count). The lowest BCUT2D eigenvalue weighted by Crippen LogP contribution is -2.26. The molecule has 28 heavy (non-hydrogen) atoms. The Morgan fingerprint density at radius 3 is 2.50 bits per heavy atom. The van der Waals surface area contributed by atoms with E-state index in [2.05, 4.69) is 0 Å². The van der Waals surface area contributed by atoms with Crippen LogP contribution in [0.4, 0.5) is 11.4 Å². The number of carbonyl (C=O) groups is 1. The number of hydrogen-bond acceptors (Lipinski definition) is 6. The van der Waals surface area contributed by atoms with Crippen molar-refractivity contribution in [2.24, 2.45) is 0 Å². The summed E-state index contributed by atoms with van der Waals surface area (Å²) in [5.74, 6) is -0.367. The zero-order chi connectivity index (χ0) is 20.9. The Labute approximate surface area is 168 Å². The van der Waals surface area contributed by atoms with Gasteiger partial charge < -0.3 is 15.2 Å². The summed E-state index contributed by atoms with van der Waals surface area (Å²) in [5, 5.41) is 11.4. The van der Waals surface area contributed by atoms with Crippen LogP contribution in [0.3, 0.4) is 0 Å². The third-order valence-electron chi connectivity index (χ3n) is 3.83. The standard InChI is InChI=1S/C20H23ClN2O5/c1-20(2,3)28-19(24)10-13(15-6-4-5-7-16(15)21)12-27-14-8-9-18(23(25)26)17(22)11-14/h4-9,11,13H,10,12,22H2,1-3H3/t13-/m0/s1. The van der Waals surface area contributed by atoms with Gasteiger partial charge in [0, 0.05) is 23.1 Å². The average molecular weight is 407 g/mol. The molecule has 0 saturated carbocycles. The van der Waals surface area contributed by atoms with Crippen LogP contribution in [-0.4, -0.2) is 23.1 Å². The number of rotatable bonds is 7. The van der Waals surface area contributed by atoms with Gasteiger partial charge in [-0.3, -0.25) is 14.9 Å². The molecular formula is C20H23ClN2O5. The Balaban J connectivity index is 2.18. The zero-order valence-corrected chi connectivity index (χ0v) is 16.7. The molecule has 8 heteroatoms. The van der Waals surface area contributed by atoms with Crippen LogP contribution in [0.1, 0.15) is 38.7 Å². The fraction of sp³-hybridized carbons (Fsp3) is 0.350. The number of nitrogen functional groups attached to an aromatic ring is 1. The number of anilines is 1. The van der Waals surface area contributed by atoms with Crippen molar-refractivity contribution < 1.29 is 19.2 Å². The van der Waals surface area contributed by atoms with Gasteiger partial charge in [-0.25, -0.2) is 0 Å². The first-order valence-electron chi connectivity index (χ1n) is 8.70. The molecule has 150 valence electrons. The summed E-state index contributed by atoms with van der Waals surface area (Å²) in [5.41, 5.74) is 5.66. The molecule has 0 heterocycles. The summed E-state index contributed by atoms with van der Waals surface area (Å²) < 4.78 is 11.2. The van der Waals surface area contributed by atoms with Crippen molar-refractivity contribution in [2.75, 3.05) is 12.3 Å². The number of hydrogen-bond donors (Lipinski definition) is 1. The Morgan fingerprint density at radius 1 is 1.25 bits per heavy atom. The third kappa shape index (κ3) is 6.13. The molecule has 1 atom stereocenters. The SMILES string of the molecule is CC(C)(C)OC(=O)C[C@@H](COc1ccc([N+](=O)[O-])c(N)c1)c1ccccc1Cl. The Bertz CT molecular complexity index is 864. The van der Waals surface area contributed by atoms with Crippen LogP contribution < -0.4 is 10.5 Å². The van der Waals surface area contributed by atoms with Crippen LogP contribution in [0.2, 0.25) is 5.02 Å². The van der Waals surface area contributed by atoms with E-state index < -0.39 is 10.5 Å². The number of carbonyl (C=O) groups excluding carboxylic acids is 1. The van der Waals surface area contributed by atoms with E-state index in [-0.39, 0.29) is 36.3 Å². The molecule has 0 aliphatic heterocycles. The van der Waals surface area contributed by atoms with E-state index in [1.807, 2.05) is 12.1 Å². The minimum atomic E-state index is -0.601. The van der Waals surface area contributed by atoms with E-state index in [9.17, 15) is 14.9 Å². The predicted octanol–water partition coefficient (Wildman–Crippen LogP) is 4.72. The Hall–Kier alpha value is -2.80. The van der Waals surface area contributed by atoms with E-state index in [0.717, 1.165) is 5.56 Å². The molecule has 2 aromatic carbocycles. The van der Waals surface area contributed by atoms with Crippen molar-refractivity contribution >= 4 is 28.9 Å². The summed E-state index contributed by atoms with van der Waals surface area (Å²) >= 11 is 6.30. The van der Waals surface area contributed by atoms with Crippen molar-refractivity contribution in [3.8, 4) is 5.75 Å². The molecule has 0 unspecified atom stereocenters. The van der Waals surface area contributed by atoms with Gasteiger partial charge in [0.1, 0.15) is 17.0 Å². The maximum absolute atomic E-state index is 12.3. The minimum absolute atomic E-state index is 0.00364. The molecule has 0 amide bonds. The summed E-state index contributed by atoms with van der Waals surface area (Å²) in [4.78, 5) is 22.6. The van der Waals surface area contributed by atoms with Crippen LogP contribution in [0.25, 0.3) is 0 Å². The summed E-state index contributed by atoms with van der Waals surface area (Å²) in [6.45, 7) is 5.52. The van der Waals surface area contributed by atoms with Gasteiger partial charge in [0.25, 0.3) is 5.69 Å². The van der Waals surface area contributed by atoms with E-state index >= 15 is 0 Å². The number of esters is 1. The van der Waals surface area contributed by atoms with Crippen LogP contribution in [0.5, 0.6) is 5.75 Å². The first-order chi connectivity index (χ1) is 13.1. The second-order valence-electron chi connectivity index (χ2n) is 7.30. The maximum atomic E-state index is 12.3. The number of halogens is 1. The maximum Gasteiger partial charge on any atom is 0.307 e. The lowest BCUT2D eigenvalue weighted by Gasteiger charge is -2.23. The van der Waals surface area contributed by atoms with Gasteiger partial charge in [-0.1, -0.05) is 29.8 Å². The first kappa shape index (κ1) is 21.5. The summed E-state index contributed by atoms with van der Waals surface area (Å²) in [7, 11) is 0. The van der Waals surface area contributed by atoms with Gasteiger partial charge in [0.2, 0.25) is 0 Å². The Kier molecular flexibility index (Phi) is 6.85. The molecule has 7 nitrogen and oxygen atoms in total. The third-order valence-corrected chi connectivity index (χ3v) is 4.17. The second-order valence-corrected chi connectivity index (χ2v) is 7.70. The molecule has 0 saturated heterocycles. The topological polar surface area (TPSA) is 105 Å². The molecular weight excluding hydrogens is 384 g/mol. The first-order valence-corrected chi connectivity index (χ1v) is 9.07. The van der Waals surface area contributed by atoms with E-state index in [0.29, 0.717) is 10.8 Å². The number of nitrogens with two attached hydrogens (primary N) is 1. The van der Waals surface area contributed by atoms with Crippen molar-refractivity contribution in [1.29, 1.82) is 0 Å². The van der Waals surface area contributed by atoms with Gasteiger partial charge in [-0.05, 0) is 38.5 Å². The fourth-order valence-electron chi connectivity index (χ4n) is 2.63. The van der Waals surface area contributed by atoms with E-state index in [1.54, 1.807) is 32.9 Å². The second kappa shape index (κ2) is 8.93. The molecule has 2 N–H and O–H groups in total. The van der Waals surface area contributed by atoms with Gasteiger partial charge in [-0.15, -0.1) is 0 Å². The highest BCUT2D eigenvalue weighted by atomic mass is 35.5. The van der Waals surface area contributed by atoms with Crippen LogP contribution in [0.15, 0.2) is 42.5 Å². The predicted molar refractivity (Wildman–Crippen MR) is 108 cm³/mol. The van der Waals surface area contributed by atoms with Crippen molar-refractivity contribution in [2.45, 2.75) is 38.7 Å². The molecule has 0 aliphatic carbocycles. The fourth-order valence-corrected chi connectivity index (χ4v) is 2.92.